The number of benzene rings is 2. The molecule has 0 bridgehead atoms. The zero-order chi connectivity index (χ0) is 16.2. The van der Waals surface area contributed by atoms with Gasteiger partial charge in [-0.2, -0.15) is 0 Å². The van der Waals surface area contributed by atoms with Crippen molar-refractivity contribution in [2.75, 3.05) is 19.1 Å². The van der Waals surface area contributed by atoms with Crippen LogP contribution >= 0.6 is 11.6 Å². The van der Waals surface area contributed by atoms with E-state index in [2.05, 4.69) is 4.99 Å². The summed E-state index contributed by atoms with van der Waals surface area (Å²) in [6.07, 6.45) is 0. The highest BCUT2D eigenvalue weighted by molar-refractivity contribution is 6.28. The summed E-state index contributed by atoms with van der Waals surface area (Å²) in [6, 6.07) is 12.1. The largest absolute Gasteiger partial charge is 0.486 e. The van der Waals surface area contributed by atoms with Crippen LogP contribution < -0.4 is 15.2 Å². The molecule has 0 saturated carbocycles. The molecule has 2 N–H and O–H groups in total. The van der Waals surface area contributed by atoms with Gasteiger partial charge in [-0.25, -0.2) is 4.99 Å². The molecule has 1 heterocycles. The maximum Gasteiger partial charge on any atom is 0.193 e. The summed E-state index contributed by atoms with van der Waals surface area (Å²) >= 11 is 5.62. The lowest BCUT2D eigenvalue weighted by Gasteiger charge is -2.18. The van der Waals surface area contributed by atoms with E-state index >= 15 is 0 Å². The number of hydrogen-bond donors (Lipinski definition) is 1. The smallest absolute Gasteiger partial charge is 0.193 e. The Hall–Kier alpha value is -2.53. The summed E-state index contributed by atoms with van der Waals surface area (Å²) in [6.45, 7) is 0.995. The predicted molar refractivity (Wildman–Crippen MR) is 89.3 cm³/mol. The van der Waals surface area contributed by atoms with Gasteiger partial charge in [0.05, 0.1) is 11.6 Å². The molecule has 1 aliphatic rings. The Morgan fingerprint density at radius 2 is 1.83 bits per heavy atom. The van der Waals surface area contributed by atoms with E-state index < -0.39 is 0 Å². The topological polar surface area (TPSA) is 73.9 Å². The van der Waals surface area contributed by atoms with Crippen molar-refractivity contribution in [2.45, 2.75) is 0 Å². The molecular weight excluding hydrogens is 316 g/mol. The summed E-state index contributed by atoms with van der Waals surface area (Å²) in [7, 11) is 0. The molecule has 118 valence electrons. The minimum Gasteiger partial charge on any atom is -0.486 e. The highest BCUT2D eigenvalue weighted by atomic mass is 35.5. The summed E-state index contributed by atoms with van der Waals surface area (Å²) < 4.78 is 11.0. The second kappa shape index (κ2) is 6.71. The number of hydrogen-bond acceptors (Lipinski definition) is 4. The van der Waals surface area contributed by atoms with Crippen LogP contribution in [0.1, 0.15) is 15.9 Å². The van der Waals surface area contributed by atoms with Crippen molar-refractivity contribution in [1.29, 1.82) is 0 Å². The van der Waals surface area contributed by atoms with E-state index in [0.29, 0.717) is 47.4 Å². The Kier molecular flexibility index (Phi) is 4.48. The number of amidine groups is 1. The van der Waals surface area contributed by atoms with E-state index in [4.69, 9.17) is 26.8 Å². The SMILES string of the molecule is NC(CCl)=Nc1cccc(C(=O)c2ccc3c(c2)OCCO3)c1. The van der Waals surface area contributed by atoms with E-state index in [1.807, 2.05) is 0 Å². The van der Waals surface area contributed by atoms with Crippen LogP contribution in [0.2, 0.25) is 0 Å². The van der Waals surface area contributed by atoms with E-state index in [-0.39, 0.29) is 11.7 Å². The average molecular weight is 331 g/mol. The Labute approximate surface area is 138 Å². The van der Waals surface area contributed by atoms with E-state index in [1.54, 1.807) is 42.5 Å². The van der Waals surface area contributed by atoms with Gasteiger partial charge in [0, 0.05) is 11.1 Å². The molecule has 6 heteroatoms. The molecule has 1 aliphatic heterocycles. The van der Waals surface area contributed by atoms with Gasteiger partial charge < -0.3 is 15.2 Å². The zero-order valence-corrected chi connectivity index (χ0v) is 13.0. The third-order valence-corrected chi connectivity index (χ3v) is 3.60. The molecule has 0 atom stereocenters. The van der Waals surface area contributed by atoms with Gasteiger partial charge in [-0.1, -0.05) is 12.1 Å². The minimum absolute atomic E-state index is 0.122. The number of ketones is 1. The summed E-state index contributed by atoms with van der Waals surface area (Å²) in [4.78, 5) is 16.8. The van der Waals surface area contributed by atoms with Crippen LogP contribution in [0.3, 0.4) is 0 Å². The molecule has 5 nitrogen and oxygen atoms in total. The van der Waals surface area contributed by atoms with Gasteiger partial charge in [0.1, 0.15) is 19.0 Å². The van der Waals surface area contributed by atoms with Crippen LogP contribution in [0, 0.1) is 0 Å². The third kappa shape index (κ3) is 3.46. The van der Waals surface area contributed by atoms with Crippen LogP contribution in [0.4, 0.5) is 5.69 Å². The molecule has 0 fully saturated rings. The number of carbonyl (C=O) groups is 1. The molecule has 23 heavy (non-hydrogen) atoms. The van der Waals surface area contributed by atoms with Gasteiger partial charge in [0.15, 0.2) is 17.3 Å². The van der Waals surface area contributed by atoms with Crippen LogP contribution in [0.5, 0.6) is 11.5 Å². The molecule has 0 amide bonds. The van der Waals surface area contributed by atoms with Crippen molar-refractivity contribution in [2.24, 2.45) is 10.7 Å². The van der Waals surface area contributed by atoms with Gasteiger partial charge in [-0.05, 0) is 30.3 Å². The number of ether oxygens (including phenoxy) is 2. The van der Waals surface area contributed by atoms with Crippen LogP contribution in [-0.4, -0.2) is 30.7 Å². The second-order valence-corrected chi connectivity index (χ2v) is 5.24. The Bertz CT molecular complexity index is 774. The van der Waals surface area contributed by atoms with Gasteiger partial charge in [0.25, 0.3) is 0 Å². The summed E-state index contributed by atoms with van der Waals surface area (Å²) in [5.74, 6) is 1.56. The first-order valence-corrected chi connectivity index (χ1v) is 7.64. The zero-order valence-electron chi connectivity index (χ0n) is 12.3. The molecule has 0 radical (unpaired) electrons. The van der Waals surface area contributed by atoms with Gasteiger partial charge in [-0.15, -0.1) is 11.6 Å². The number of alkyl halides is 1. The highest BCUT2D eigenvalue weighted by Gasteiger charge is 2.16. The molecule has 0 unspecified atom stereocenters. The molecule has 2 aromatic carbocycles. The van der Waals surface area contributed by atoms with Gasteiger partial charge in [0.2, 0.25) is 0 Å². The lowest BCUT2D eigenvalue weighted by Crippen LogP contribution is -2.15. The number of aliphatic imine (C=N–C) groups is 1. The van der Waals surface area contributed by atoms with Crippen molar-refractivity contribution in [3.63, 3.8) is 0 Å². The maximum absolute atomic E-state index is 12.6. The van der Waals surface area contributed by atoms with Crippen LogP contribution in [0.15, 0.2) is 47.5 Å². The minimum atomic E-state index is -0.122. The first-order valence-electron chi connectivity index (χ1n) is 7.11. The van der Waals surface area contributed by atoms with E-state index in [9.17, 15) is 4.79 Å². The molecule has 0 aliphatic carbocycles. The normalized spacial score (nSPS) is 13.7. The standard InChI is InChI=1S/C17H15ClN2O3/c18-10-16(19)20-13-3-1-2-11(8-13)17(21)12-4-5-14-15(9-12)23-7-6-22-14/h1-5,8-9H,6-7,10H2,(H2,19,20). The quantitative estimate of drug-likeness (QED) is 0.405. The first kappa shape index (κ1) is 15.4. The van der Waals surface area contributed by atoms with Crippen molar-refractivity contribution >= 4 is 28.9 Å². The molecule has 0 spiro atoms. The number of nitrogens with two attached hydrogens (primary N) is 1. The summed E-state index contributed by atoms with van der Waals surface area (Å²) in [5.41, 5.74) is 7.26. The Balaban J connectivity index is 1.90. The Morgan fingerprint density at radius 3 is 2.61 bits per heavy atom. The average Bonchev–Trinajstić information content (AvgIpc) is 2.60. The molecule has 3 rings (SSSR count). The van der Waals surface area contributed by atoms with Gasteiger partial charge in [-0.3, -0.25) is 4.79 Å². The number of nitrogens with zero attached hydrogens (tertiary/aromatic N) is 1. The van der Waals surface area contributed by atoms with Crippen molar-refractivity contribution in [3.8, 4) is 11.5 Å². The fourth-order valence-corrected chi connectivity index (χ4v) is 2.32. The number of carbonyl (C=O) groups excluding carboxylic acids is 1. The van der Waals surface area contributed by atoms with Crippen LogP contribution in [0.25, 0.3) is 0 Å². The summed E-state index contributed by atoms with van der Waals surface area (Å²) in [5, 5.41) is 0. The molecule has 2 aromatic rings. The third-order valence-electron chi connectivity index (χ3n) is 3.32. The van der Waals surface area contributed by atoms with Crippen LogP contribution in [-0.2, 0) is 0 Å². The lowest BCUT2D eigenvalue weighted by atomic mass is 10.0. The van der Waals surface area contributed by atoms with Crippen molar-refractivity contribution in [1.82, 2.24) is 0 Å². The fraction of sp³-hybridized carbons (Fsp3) is 0.176. The number of fused-ring (bicyclic) bond motifs is 1. The van der Waals surface area contributed by atoms with Gasteiger partial charge >= 0.3 is 0 Å². The number of rotatable bonds is 4. The van der Waals surface area contributed by atoms with Crippen molar-refractivity contribution < 1.29 is 14.3 Å². The fourth-order valence-electron chi connectivity index (χ4n) is 2.26. The number of halogens is 1. The predicted octanol–water partition coefficient (Wildman–Crippen LogP) is 2.92. The molecule has 0 saturated heterocycles. The first-order chi connectivity index (χ1) is 11.2. The molecule has 0 aromatic heterocycles. The Morgan fingerprint density at radius 1 is 1.09 bits per heavy atom. The van der Waals surface area contributed by atoms with E-state index in [0.717, 1.165) is 0 Å². The maximum atomic E-state index is 12.6. The monoisotopic (exact) mass is 330 g/mol. The molecular formula is C17H15ClN2O3. The van der Waals surface area contributed by atoms with E-state index in [1.165, 1.54) is 0 Å². The lowest BCUT2D eigenvalue weighted by molar-refractivity contribution is 0.103. The second-order valence-electron chi connectivity index (χ2n) is 4.97. The highest BCUT2D eigenvalue weighted by Crippen LogP contribution is 2.31. The van der Waals surface area contributed by atoms with Crippen molar-refractivity contribution in [3.05, 3.63) is 53.6 Å².